The molecule has 2 aromatic rings. The van der Waals surface area contributed by atoms with Gasteiger partial charge in [-0.2, -0.15) is 0 Å². The highest BCUT2D eigenvalue weighted by Crippen LogP contribution is 2.25. The maximum Gasteiger partial charge on any atom is 0.270 e. The first-order valence-electron chi connectivity index (χ1n) is 7.43. The van der Waals surface area contributed by atoms with Crippen molar-refractivity contribution in [2.45, 2.75) is 12.8 Å². The molecule has 8 heteroatoms. The van der Waals surface area contributed by atoms with E-state index in [2.05, 4.69) is 15.6 Å². The summed E-state index contributed by atoms with van der Waals surface area (Å²) in [5, 5.41) is 9.62. The van der Waals surface area contributed by atoms with Gasteiger partial charge in [-0.1, -0.05) is 23.7 Å². The van der Waals surface area contributed by atoms with E-state index in [1.54, 1.807) is 5.38 Å². The molecular weight excluding hydrogens is 389 g/mol. The number of nitrogens with zero attached hydrogens (tertiary/aromatic N) is 1. The summed E-state index contributed by atoms with van der Waals surface area (Å²) in [5.41, 5.74) is 1.46. The average molecular weight is 409 g/mol. The predicted molar refractivity (Wildman–Crippen MR) is 105 cm³/mol. The number of amides is 1. The van der Waals surface area contributed by atoms with Crippen LogP contribution in [0.5, 0.6) is 0 Å². The van der Waals surface area contributed by atoms with Gasteiger partial charge in [0, 0.05) is 22.5 Å². The molecule has 1 aliphatic heterocycles. The summed E-state index contributed by atoms with van der Waals surface area (Å²) in [5.74, 6) is 0.586. The maximum absolute atomic E-state index is 12.1. The van der Waals surface area contributed by atoms with Crippen molar-refractivity contribution < 1.29 is 4.79 Å². The number of thiazole rings is 1. The Morgan fingerprint density at radius 2 is 2.08 bits per heavy atom. The van der Waals surface area contributed by atoms with Gasteiger partial charge in [-0.25, -0.2) is 4.98 Å². The van der Waals surface area contributed by atoms with E-state index in [1.165, 1.54) is 17.8 Å². The maximum atomic E-state index is 12.1. The molecule has 0 bridgehead atoms. The zero-order chi connectivity index (χ0) is 15.4. The predicted octanol–water partition coefficient (Wildman–Crippen LogP) is 4.04. The number of hydrogen-bond acceptors (Lipinski definition) is 4. The van der Waals surface area contributed by atoms with Gasteiger partial charge >= 0.3 is 0 Å². The summed E-state index contributed by atoms with van der Waals surface area (Å²) in [6.45, 7) is 2.86. The quantitative estimate of drug-likeness (QED) is 0.785. The van der Waals surface area contributed by atoms with Crippen LogP contribution >= 0.6 is 47.8 Å². The molecule has 2 N–H and O–H groups in total. The van der Waals surface area contributed by atoms with Crippen molar-refractivity contribution in [3.05, 3.63) is 40.4 Å². The smallest absolute Gasteiger partial charge is 0.270 e. The van der Waals surface area contributed by atoms with Gasteiger partial charge in [0.2, 0.25) is 0 Å². The lowest BCUT2D eigenvalue weighted by Crippen LogP contribution is -2.26. The molecule has 1 atom stereocenters. The van der Waals surface area contributed by atoms with E-state index in [1.807, 2.05) is 24.3 Å². The number of carbonyl (C=O) groups excluding carboxylic acids is 1. The molecule has 1 aliphatic rings. The van der Waals surface area contributed by atoms with E-state index in [-0.39, 0.29) is 30.7 Å². The number of hydrogen-bond donors (Lipinski definition) is 2. The molecule has 1 aromatic heterocycles. The van der Waals surface area contributed by atoms with Gasteiger partial charge in [-0.05, 0) is 44.0 Å². The molecule has 0 spiro atoms. The number of nitrogens with one attached hydrogen (secondary N) is 2. The van der Waals surface area contributed by atoms with Crippen molar-refractivity contribution >= 4 is 53.7 Å². The Labute approximate surface area is 163 Å². The number of aromatic nitrogens is 1. The summed E-state index contributed by atoms with van der Waals surface area (Å²) in [4.78, 5) is 16.5. The monoisotopic (exact) mass is 407 g/mol. The third-order valence-electron chi connectivity index (χ3n) is 3.83. The van der Waals surface area contributed by atoms with Crippen LogP contribution in [-0.4, -0.2) is 30.5 Å². The second-order valence-corrected chi connectivity index (χ2v) is 6.74. The van der Waals surface area contributed by atoms with Crippen LogP contribution in [0.2, 0.25) is 5.02 Å². The fourth-order valence-electron chi connectivity index (χ4n) is 2.54. The molecule has 24 heavy (non-hydrogen) atoms. The second kappa shape index (κ2) is 10.2. The summed E-state index contributed by atoms with van der Waals surface area (Å²) in [6.07, 6.45) is 2.22. The molecule has 0 saturated carbocycles. The summed E-state index contributed by atoms with van der Waals surface area (Å²) >= 11 is 7.35. The van der Waals surface area contributed by atoms with Crippen LogP contribution in [0.15, 0.2) is 29.6 Å². The molecule has 4 nitrogen and oxygen atoms in total. The van der Waals surface area contributed by atoms with Crippen molar-refractivity contribution in [3.63, 3.8) is 0 Å². The highest BCUT2D eigenvalue weighted by atomic mass is 35.5. The summed E-state index contributed by atoms with van der Waals surface area (Å²) < 4.78 is 0. The molecule has 3 rings (SSSR count). The Balaban J connectivity index is 0.00000144. The molecule has 1 aromatic carbocycles. The number of benzene rings is 1. The topological polar surface area (TPSA) is 54.0 Å². The molecule has 1 saturated heterocycles. The first-order valence-corrected chi connectivity index (χ1v) is 8.68. The van der Waals surface area contributed by atoms with Crippen molar-refractivity contribution in [2.24, 2.45) is 5.92 Å². The minimum atomic E-state index is -0.0950. The van der Waals surface area contributed by atoms with Gasteiger partial charge in [0.1, 0.15) is 10.7 Å². The Bertz CT molecular complexity index is 642. The fourth-order valence-corrected chi connectivity index (χ4v) is 3.48. The lowest BCUT2D eigenvalue weighted by molar-refractivity contribution is 0.0947. The van der Waals surface area contributed by atoms with Crippen LogP contribution in [0.3, 0.4) is 0 Å². The molecular formula is C16H20Cl3N3OS. The van der Waals surface area contributed by atoms with Gasteiger partial charge in [-0.15, -0.1) is 36.2 Å². The normalized spacial score (nSPS) is 16.1. The highest BCUT2D eigenvalue weighted by molar-refractivity contribution is 7.13. The van der Waals surface area contributed by atoms with Crippen molar-refractivity contribution in [2.75, 3.05) is 19.6 Å². The van der Waals surface area contributed by atoms with Crippen LogP contribution in [-0.2, 0) is 0 Å². The number of carbonyl (C=O) groups is 1. The van der Waals surface area contributed by atoms with Crippen LogP contribution in [0, 0.1) is 5.92 Å². The minimum Gasteiger partial charge on any atom is -0.351 e. The lowest BCUT2D eigenvalue weighted by Gasteiger charge is -2.08. The standard InChI is InChI=1S/C16H18ClN3OS.2ClH/c17-13-3-1-12(2-4-13)16-20-14(10-22-16)15(21)19-8-6-11-5-7-18-9-11;;/h1-4,10-11,18H,5-9H2,(H,19,21);2*1H. The zero-order valence-corrected chi connectivity index (χ0v) is 16.2. The largest absolute Gasteiger partial charge is 0.351 e. The Morgan fingerprint density at radius 3 is 2.75 bits per heavy atom. The van der Waals surface area contributed by atoms with E-state index in [0.29, 0.717) is 23.2 Å². The van der Waals surface area contributed by atoms with Crippen molar-refractivity contribution in [1.29, 1.82) is 0 Å². The van der Waals surface area contributed by atoms with Crippen LogP contribution < -0.4 is 10.6 Å². The average Bonchev–Trinajstić information content (AvgIpc) is 3.19. The molecule has 0 aliphatic carbocycles. The Morgan fingerprint density at radius 1 is 1.33 bits per heavy atom. The Hall–Kier alpha value is -0.850. The second-order valence-electron chi connectivity index (χ2n) is 5.45. The van der Waals surface area contributed by atoms with Gasteiger partial charge in [0.25, 0.3) is 5.91 Å². The van der Waals surface area contributed by atoms with Gasteiger partial charge in [0.05, 0.1) is 0 Å². The van der Waals surface area contributed by atoms with Crippen molar-refractivity contribution in [3.8, 4) is 10.6 Å². The Kier molecular flexibility index (Phi) is 9.02. The fraction of sp³-hybridized carbons (Fsp3) is 0.375. The van der Waals surface area contributed by atoms with Gasteiger partial charge < -0.3 is 10.6 Å². The van der Waals surface area contributed by atoms with E-state index < -0.39 is 0 Å². The van der Waals surface area contributed by atoms with E-state index in [9.17, 15) is 4.79 Å². The van der Waals surface area contributed by atoms with Crippen LogP contribution in [0.1, 0.15) is 23.3 Å². The first-order chi connectivity index (χ1) is 10.7. The third-order valence-corrected chi connectivity index (χ3v) is 4.97. The number of halogens is 3. The molecule has 0 radical (unpaired) electrons. The molecule has 1 fully saturated rings. The van der Waals surface area contributed by atoms with E-state index in [4.69, 9.17) is 11.6 Å². The zero-order valence-electron chi connectivity index (χ0n) is 13.0. The van der Waals surface area contributed by atoms with Crippen LogP contribution in [0.25, 0.3) is 10.6 Å². The van der Waals surface area contributed by atoms with E-state index >= 15 is 0 Å². The lowest BCUT2D eigenvalue weighted by atomic mass is 10.1. The SMILES string of the molecule is Cl.Cl.O=C(NCCC1CCNC1)c1csc(-c2ccc(Cl)cc2)n1. The van der Waals surface area contributed by atoms with Gasteiger partial charge in [-0.3, -0.25) is 4.79 Å². The molecule has 2 heterocycles. The molecule has 1 unspecified atom stereocenters. The number of rotatable bonds is 5. The van der Waals surface area contributed by atoms with Crippen LogP contribution in [0.4, 0.5) is 0 Å². The summed E-state index contributed by atoms with van der Waals surface area (Å²) in [7, 11) is 0. The molecule has 132 valence electrons. The first kappa shape index (κ1) is 21.2. The highest BCUT2D eigenvalue weighted by Gasteiger charge is 2.15. The summed E-state index contributed by atoms with van der Waals surface area (Å²) in [6, 6.07) is 7.48. The van der Waals surface area contributed by atoms with Gasteiger partial charge in [0.15, 0.2) is 0 Å². The minimum absolute atomic E-state index is 0. The third kappa shape index (κ3) is 5.60. The van der Waals surface area contributed by atoms with E-state index in [0.717, 1.165) is 30.1 Å². The molecule has 1 amide bonds. The van der Waals surface area contributed by atoms with Crippen molar-refractivity contribution in [1.82, 2.24) is 15.6 Å².